The molecule has 120 valence electrons. The Morgan fingerprint density at radius 1 is 1.17 bits per heavy atom. The number of ether oxygens (including phenoxy) is 1. The normalized spacial score (nSPS) is 17.6. The quantitative estimate of drug-likeness (QED) is 0.807. The fraction of sp³-hybridized carbons (Fsp3) is 0.350. The minimum Gasteiger partial charge on any atom is -0.465 e. The smallest absolute Gasteiger partial charge is 0.314 e. The molecule has 0 fully saturated rings. The zero-order valence-corrected chi connectivity index (χ0v) is 13.8. The van der Waals surface area contributed by atoms with Crippen molar-refractivity contribution in [2.45, 2.75) is 32.9 Å². The van der Waals surface area contributed by atoms with Crippen LogP contribution >= 0.6 is 0 Å². The highest BCUT2D eigenvalue weighted by Crippen LogP contribution is 2.30. The molecule has 1 heterocycles. The number of benzene rings is 2. The van der Waals surface area contributed by atoms with Gasteiger partial charge in [-0.25, -0.2) is 0 Å². The number of hydrogen-bond acceptors (Lipinski definition) is 3. The van der Waals surface area contributed by atoms with Crippen LogP contribution < -0.4 is 0 Å². The van der Waals surface area contributed by atoms with Crippen LogP contribution in [0.4, 0.5) is 0 Å². The van der Waals surface area contributed by atoms with Crippen LogP contribution in [0.25, 0.3) is 0 Å². The second-order valence-corrected chi connectivity index (χ2v) is 6.16. The summed E-state index contributed by atoms with van der Waals surface area (Å²) < 4.78 is 5.29. The minimum absolute atomic E-state index is 0.117. The Morgan fingerprint density at radius 2 is 1.91 bits per heavy atom. The maximum absolute atomic E-state index is 12.4. The van der Waals surface area contributed by atoms with Crippen LogP contribution in [0.3, 0.4) is 0 Å². The summed E-state index contributed by atoms with van der Waals surface area (Å²) in [6.45, 7) is 6.82. The molecule has 0 aliphatic carbocycles. The van der Waals surface area contributed by atoms with Crippen molar-refractivity contribution in [1.29, 1.82) is 0 Å². The number of esters is 1. The molecule has 0 N–H and O–H groups in total. The van der Waals surface area contributed by atoms with Crippen molar-refractivity contribution in [2.24, 2.45) is 0 Å². The average Bonchev–Trinajstić information content (AvgIpc) is 2.56. The molecule has 0 bridgehead atoms. The van der Waals surface area contributed by atoms with Crippen molar-refractivity contribution >= 4 is 5.97 Å². The van der Waals surface area contributed by atoms with E-state index in [1.165, 1.54) is 16.7 Å². The van der Waals surface area contributed by atoms with Gasteiger partial charge in [0.2, 0.25) is 0 Å². The van der Waals surface area contributed by atoms with Crippen LogP contribution in [0.1, 0.15) is 35.1 Å². The van der Waals surface area contributed by atoms with Gasteiger partial charge in [-0.2, -0.15) is 0 Å². The van der Waals surface area contributed by atoms with Gasteiger partial charge in [-0.1, -0.05) is 54.1 Å². The third-order valence-electron chi connectivity index (χ3n) is 4.36. The Hall–Kier alpha value is -2.13. The number of nitrogens with zero attached hydrogens (tertiary/aromatic N) is 1. The van der Waals surface area contributed by atoms with Gasteiger partial charge in [0.15, 0.2) is 0 Å². The maximum atomic E-state index is 12.4. The van der Waals surface area contributed by atoms with Crippen LogP contribution in [-0.2, 0) is 22.6 Å². The minimum atomic E-state index is -0.189. The molecule has 0 amide bonds. The van der Waals surface area contributed by atoms with Crippen LogP contribution in [0.2, 0.25) is 0 Å². The van der Waals surface area contributed by atoms with Crippen LogP contribution in [0, 0.1) is 6.92 Å². The van der Waals surface area contributed by atoms with E-state index in [1.807, 2.05) is 19.1 Å². The van der Waals surface area contributed by atoms with Gasteiger partial charge in [0, 0.05) is 19.6 Å². The fourth-order valence-electron chi connectivity index (χ4n) is 3.20. The summed E-state index contributed by atoms with van der Waals surface area (Å²) in [7, 11) is 0. The first-order valence-electron chi connectivity index (χ1n) is 8.19. The predicted octanol–water partition coefficient (Wildman–Crippen LogP) is 3.66. The maximum Gasteiger partial charge on any atom is 0.314 e. The fourth-order valence-corrected chi connectivity index (χ4v) is 3.20. The first kappa shape index (κ1) is 15.8. The molecule has 1 aliphatic heterocycles. The molecular formula is C20H23NO2. The van der Waals surface area contributed by atoms with Crippen molar-refractivity contribution in [3.05, 3.63) is 70.8 Å². The Morgan fingerprint density at radius 3 is 2.65 bits per heavy atom. The average molecular weight is 309 g/mol. The third kappa shape index (κ3) is 3.62. The van der Waals surface area contributed by atoms with Crippen molar-refractivity contribution < 1.29 is 9.53 Å². The lowest BCUT2D eigenvalue weighted by atomic mass is 9.89. The molecule has 0 saturated heterocycles. The lowest BCUT2D eigenvalue weighted by Crippen LogP contribution is -2.37. The van der Waals surface area contributed by atoms with E-state index < -0.39 is 0 Å². The van der Waals surface area contributed by atoms with Gasteiger partial charge in [0.1, 0.15) is 0 Å². The summed E-state index contributed by atoms with van der Waals surface area (Å²) in [5, 5.41) is 0. The lowest BCUT2D eigenvalue weighted by Gasteiger charge is -2.33. The Balaban J connectivity index is 1.81. The summed E-state index contributed by atoms with van der Waals surface area (Å²) in [4.78, 5) is 14.7. The standard InChI is InChI=1S/C20H23NO2/c1-3-23-20(22)19-14-21(12-16-10-8-15(2)9-11-16)13-17-6-4-5-7-18(17)19/h4-11,19H,3,12-14H2,1-2H3. The van der Waals surface area contributed by atoms with Crippen LogP contribution in [0.15, 0.2) is 48.5 Å². The SMILES string of the molecule is CCOC(=O)C1CN(Cc2ccc(C)cc2)Cc2ccccc21. The van der Waals surface area contributed by atoms with Gasteiger partial charge < -0.3 is 4.74 Å². The summed E-state index contributed by atoms with van der Waals surface area (Å²) in [6, 6.07) is 16.8. The van der Waals surface area contributed by atoms with Crippen molar-refractivity contribution in [3.8, 4) is 0 Å². The molecular weight excluding hydrogens is 286 g/mol. The number of aryl methyl sites for hydroxylation is 1. The van der Waals surface area contributed by atoms with Crippen LogP contribution in [-0.4, -0.2) is 24.0 Å². The zero-order valence-electron chi connectivity index (χ0n) is 13.8. The number of rotatable bonds is 4. The topological polar surface area (TPSA) is 29.5 Å². The van der Waals surface area contributed by atoms with Crippen LogP contribution in [0.5, 0.6) is 0 Å². The molecule has 2 aromatic rings. The van der Waals surface area contributed by atoms with Gasteiger partial charge in [-0.05, 0) is 30.5 Å². The second-order valence-electron chi connectivity index (χ2n) is 6.16. The van der Waals surface area contributed by atoms with Crippen molar-refractivity contribution in [2.75, 3.05) is 13.2 Å². The summed E-state index contributed by atoms with van der Waals surface area (Å²) in [5.41, 5.74) is 4.88. The van der Waals surface area contributed by atoms with Gasteiger partial charge >= 0.3 is 5.97 Å². The molecule has 23 heavy (non-hydrogen) atoms. The highest BCUT2D eigenvalue weighted by atomic mass is 16.5. The molecule has 1 atom stereocenters. The molecule has 3 nitrogen and oxygen atoms in total. The molecule has 3 heteroatoms. The molecule has 1 aliphatic rings. The highest BCUT2D eigenvalue weighted by molar-refractivity contribution is 5.79. The summed E-state index contributed by atoms with van der Waals surface area (Å²) >= 11 is 0. The molecule has 0 aromatic heterocycles. The highest BCUT2D eigenvalue weighted by Gasteiger charge is 2.31. The van der Waals surface area contributed by atoms with E-state index >= 15 is 0 Å². The number of fused-ring (bicyclic) bond motifs is 1. The first-order valence-corrected chi connectivity index (χ1v) is 8.19. The van der Waals surface area contributed by atoms with E-state index in [-0.39, 0.29) is 11.9 Å². The Kier molecular flexibility index (Phi) is 4.77. The number of hydrogen-bond donors (Lipinski definition) is 0. The monoisotopic (exact) mass is 309 g/mol. The van der Waals surface area contributed by atoms with Gasteiger partial charge in [0.05, 0.1) is 12.5 Å². The number of carbonyl (C=O) groups excluding carboxylic acids is 1. The van der Waals surface area contributed by atoms with Gasteiger partial charge in [0.25, 0.3) is 0 Å². The Labute approximate surface area is 137 Å². The molecule has 3 rings (SSSR count). The molecule has 1 unspecified atom stereocenters. The molecule has 0 radical (unpaired) electrons. The molecule has 2 aromatic carbocycles. The van der Waals surface area contributed by atoms with E-state index in [1.54, 1.807) is 0 Å². The summed E-state index contributed by atoms with van der Waals surface area (Å²) in [6.07, 6.45) is 0. The third-order valence-corrected chi connectivity index (χ3v) is 4.36. The predicted molar refractivity (Wildman–Crippen MR) is 91.1 cm³/mol. The Bertz CT molecular complexity index is 678. The van der Waals surface area contributed by atoms with Gasteiger partial charge in [-0.3, -0.25) is 9.69 Å². The second kappa shape index (κ2) is 6.97. The van der Waals surface area contributed by atoms with Crippen molar-refractivity contribution in [3.63, 3.8) is 0 Å². The van der Waals surface area contributed by atoms with Crippen molar-refractivity contribution in [1.82, 2.24) is 4.90 Å². The van der Waals surface area contributed by atoms with E-state index in [9.17, 15) is 4.79 Å². The van der Waals surface area contributed by atoms with E-state index in [0.717, 1.165) is 18.7 Å². The summed E-state index contributed by atoms with van der Waals surface area (Å²) in [5.74, 6) is -0.307. The van der Waals surface area contributed by atoms with Gasteiger partial charge in [-0.15, -0.1) is 0 Å². The largest absolute Gasteiger partial charge is 0.465 e. The van der Waals surface area contributed by atoms with E-state index in [4.69, 9.17) is 4.74 Å². The van der Waals surface area contributed by atoms with E-state index in [2.05, 4.69) is 48.2 Å². The lowest BCUT2D eigenvalue weighted by molar-refractivity contribution is -0.145. The zero-order chi connectivity index (χ0) is 16.2. The number of carbonyl (C=O) groups is 1. The van der Waals surface area contributed by atoms with E-state index in [0.29, 0.717) is 13.2 Å². The molecule has 0 spiro atoms. The molecule has 0 saturated carbocycles. The first-order chi connectivity index (χ1) is 11.2.